The van der Waals surface area contributed by atoms with Gasteiger partial charge in [0.2, 0.25) is 5.88 Å². The van der Waals surface area contributed by atoms with Crippen molar-refractivity contribution in [3.8, 4) is 5.88 Å². The van der Waals surface area contributed by atoms with Crippen LogP contribution in [0.5, 0.6) is 5.88 Å². The Kier molecular flexibility index (Phi) is 6.90. The molecule has 4 aliphatic carbocycles. The summed E-state index contributed by atoms with van der Waals surface area (Å²) in [7, 11) is 0. The molecule has 0 unspecified atom stereocenters. The van der Waals surface area contributed by atoms with Crippen molar-refractivity contribution in [1.29, 1.82) is 0 Å². The Morgan fingerprint density at radius 2 is 1.79 bits per heavy atom. The summed E-state index contributed by atoms with van der Waals surface area (Å²) in [6, 6.07) is 7.44. The van der Waals surface area contributed by atoms with Crippen molar-refractivity contribution in [2.75, 3.05) is 0 Å². The number of carbonyl (C=O) groups excluding carboxylic acids is 1. The molecule has 0 radical (unpaired) electrons. The number of benzene rings is 1. The normalized spacial score (nSPS) is 40.8. The Morgan fingerprint density at radius 3 is 2.62 bits per heavy atom. The highest BCUT2D eigenvalue weighted by molar-refractivity contribution is 5.94. The van der Waals surface area contributed by atoms with Gasteiger partial charge >= 0.3 is 0 Å². The fraction of sp³-hybridized carbons (Fsp3) is 0.719. The predicted octanol–water partition coefficient (Wildman–Crippen LogP) is 6.89. The molecular formula is C32H45N3O4. The largest absolute Gasteiger partial charge is 0.493 e. The molecular weight excluding hydrogens is 490 g/mol. The highest BCUT2D eigenvalue weighted by atomic mass is 16.3. The lowest BCUT2D eigenvalue weighted by Crippen LogP contribution is -2.58. The molecule has 4 fully saturated rings. The second-order valence-corrected chi connectivity index (χ2v) is 13.9. The summed E-state index contributed by atoms with van der Waals surface area (Å²) < 4.78 is 0. The van der Waals surface area contributed by atoms with Crippen LogP contribution in [0.3, 0.4) is 0 Å². The van der Waals surface area contributed by atoms with Gasteiger partial charge in [0.15, 0.2) is 5.69 Å². The van der Waals surface area contributed by atoms with Crippen LogP contribution in [-0.4, -0.2) is 38.4 Å². The van der Waals surface area contributed by atoms with E-state index in [0.717, 1.165) is 49.4 Å². The molecule has 1 heterocycles. The number of carbonyl (C=O) groups is 1. The highest BCUT2D eigenvalue weighted by Crippen LogP contribution is 2.68. The fourth-order valence-corrected chi connectivity index (χ4v) is 10.1. The number of hydrogen-bond donors (Lipinski definition) is 4. The number of aromatic nitrogens is 1. The van der Waals surface area contributed by atoms with E-state index in [9.17, 15) is 20.1 Å². The zero-order valence-electron chi connectivity index (χ0n) is 23.6. The summed E-state index contributed by atoms with van der Waals surface area (Å²) in [6.45, 7) is 7.22. The first-order chi connectivity index (χ1) is 18.6. The molecule has 2 aromatic rings. The van der Waals surface area contributed by atoms with Crippen molar-refractivity contribution < 1.29 is 20.1 Å². The van der Waals surface area contributed by atoms with Crippen LogP contribution in [0.2, 0.25) is 0 Å². The maximum absolute atomic E-state index is 12.7. The average Bonchev–Trinajstić information content (AvgIpc) is 3.42. The van der Waals surface area contributed by atoms with Crippen LogP contribution in [0.4, 0.5) is 5.69 Å². The molecule has 0 saturated heterocycles. The number of hydrogen-bond acceptors (Lipinski definition) is 5. The van der Waals surface area contributed by atoms with Crippen molar-refractivity contribution in [2.45, 2.75) is 97.2 Å². The molecule has 39 heavy (non-hydrogen) atoms. The Morgan fingerprint density at radius 1 is 1.05 bits per heavy atom. The van der Waals surface area contributed by atoms with Gasteiger partial charge in [0.25, 0.3) is 5.91 Å². The first kappa shape index (κ1) is 26.9. The molecule has 7 nitrogen and oxygen atoms in total. The molecule has 4 saturated carbocycles. The van der Waals surface area contributed by atoms with Crippen LogP contribution in [0, 0.1) is 46.3 Å². The van der Waals surface area contributed by atoms with E-state index >= 15 is 0 Å². The lowest BCUT2D eigenvalue weighted by Gasteiger charge is -2.62. The lowest BCUT2D eigenvalue weighted by molar-refractivity contribution is -0.174. The van der Waals surface area contributed by atoms with Crippen molar-refractivity contribution in [3.05, 3.63) is 24.3 Å². The number of aromatic hydroxyl groups is 1. The monoisotopic (exact) mass is 535 g/mol. The van der Waals surface area contributed by atoms with E-state index in [1.807, 2.05) is 24.3 Å². The van der Waals surface area contributed by atoms with Crippen LogP contribution in [0.1, 0.15) is 85.0 Å². The second kappa shape index (κ2) is 9.99. The molecule has 1 amide bonds. The van der Waals surface area contributed by atoms with Gasteiger partial charge < -0.3 is 20.3 Å². The molecule has 0 bridgehead atoms. The topological polar surface area (TPSA) is 118 Å². The van der Waals surface area contributed by atoms with E-state index < -0.39 is 0 Å². The molecule has 0 spiro atoms. The minimum Gasteiger partial charge on any atom is -0.493 e. The van der Waals surface area contributed by atoms with Gasteiger partial charge in [0.1, 0.15) is 0 Å². The molecule has 212 valence electrons. The Bertz CT molecular complexity index is 1260. The summed E-state index contributed by atoms with van der Waals surface area (Å²) in [6.07, 6.45) is 9.03. The summed E-state index contributed by atoms with van der Waals surface area (Å²) >= 11 is 0. The number of para-hydroxylation sites is 1. The second-order valence-electron chi connectivity index (χ2n) is 13.9. The number of nitrogens with one attached hydrogen (secondary N) is 1. The lowest BCUT2D eigenvalue weighted by atomic mass is 9.43. The minimum absolute atomic E-state index is 0.0730. The van der Waals surface area contributed by atoms with E-state index in [-0.39, 0.29) is 34.8 Å². The average molecular weight is 536 g/mol. The third-order valence-corrected chi connectivity index (χ3v) is 12.2. The number of fused-ring (bicyclic) bond motifs is 6. The molecule has 1 aromatic heterocycles. The summed E-state index contributed by atoms with van der Waals surface area (Å²) in [5.41, 5.74) is 1.51. The van der Waals surface area contributed by atoms with Crippen molar-refractivity contribution >= 4 is 22.5 Å². The molecule has 1 aromatic carbocycles. The minimum atomic E-state index is -0.264. The van der Waals surface area contributed by atoms with Gasteiger partial charge in [0, 0.05) is 11.8 Å². The zero-order valence-corrected chi connectivity index (χ0v) is 23.6. The van der Waals surface area contributed by atoms with Gasteiger partial charge in [-0.3, -0.25) is 4.79 Å². The van der Waals surface area contributed by atoms with Gasteiger partial charge in [0.05, 0.1) is 17.7 Å². The summed E-state index contributed by atoms with van der Waals surface area (Å²) in [5, 5.41) is 40.8. The molecule has 4 N–H and O–H groups in total. The van der Waals surface area contributed by atoms with Gasteiger partial charge in [-0.2, -0.15) is 0 Å². The van der Waals surface area contributed by atoms with Gasteiger partial charge in [-0.15, -0.1) is 10.2 Å². The first-order valence-corrected chi connectivity index (χ1v) is 15.2. The number of amides is 1. The number of H-pyrrole nitrogens is 1. The Balaban J connectivity index is 1.11. The van der Waals surface area contributed by atoms with Crippen molar-refractivity contribution in [3.63, 3.8) is 0 Å². The smallest absolute Gasteiger partial charge is 0.264 e. The molecule has 0 aliphatic heterocycles. The third-order valence-electron chi connectivity index (χ3n) is 12.2. The van der Waals surface area contributed by atoms with Crippen LogP contribution in [0.25, 0.3) is 10.9 Å². The van der Waals surface area contributed by atoms with Crippen molar-refractivity contribution in [2.24, 2.45) is 56.6 Å². The first-order valence-electron chi connectivity index (χ1n) is 15.2. The number of azo groups is 1. The number of rotatable bonds is 5. The van der Waals surface area contributed by atoms with Gasteiger partial charge in [-0.05, 0) is 110 Å². The van der Waals surface area contributed by atoms with E-state index in [2.05, 4.69) is 36.0 Å². The summed E-state index contributed by atoms with van der Waals surface area (Å²) in [5.74, 6) is 2.48. The predicted molar refractivity (Wildman–Crippen MR) is 150 cm³/mol. The number of aliphatic hydroxyl groups is 2. The van der Waals surface area contributed by atoms with Crippen molar-refractivity contribution in [1.82, 2.24) is 4.98 Å². The quantitative estimate of drug-likeness (QED) is 0.312. The standard InChI is InChI=1S/C32H45N3O4/c1-18(8-11-27(38)34-35-29-21-6-4-5-7-25(21)33-30(29)39)22-9-10-23-28-24(13-15-32(22,23)3)31(2)14-12-20(36)16-19(31)17-26(28)37/h4-7,18-20,22-24,26,28,33,36-37,39H,8-17H2,1-3H3/t18-,19+,20-,22+,23-,24+,26-,28-,31-,32-/m1/s1. The van der Waals surface area contributed by atoms with E-state index in [1.54, 1.807) is 0 Å². The molecule has 10 atom stereocenters. The van der Waals surface area contributed by atoms with Gasteiger partial charge in [-0.25, -0.2) is 0 Å². The van der Waals surface area contributed by atoms with E-state index in [1.165, 1.54) is 19.3 Å². The fourth-order valence-electron chi connectivity index (χ4n) is 10.1. The van der Waals surface area contributed by atoms with Crippen LogP contribution >= 0.6 is 0 Å². The van der Waals surface area contributed by atoms with Crippen LogP contribution in [-0.2, 0) is 4.79 Å². The van der Waals surface area contributed by atoms with Crippen LogP contribution in [0.15, 0.2) is 34.5 Å². The maximum atomic E-state index is 12.7. The third kappa shape index (κ3) is 4.44. The molecule has 7 heteroatoms. The van der Waals surface area contributed by atoms with Gasteiger partial charge in [-0.1, -0.05) is 39.0 Å². The Hall–Kier alpha value is -2.25. The maximum Gasteiger partial charge on any atom is 0.264 e. The molecule has 4 aliphatic rings. The molecule has 6 rings (SSSR count). The van der Waals surface area contributed by atoms with E-state index in [4.69, 9.17) is 0 Å². The SMILES string of the molecule is C[C@H](CCC(=O)N=Nc1c(O)[nH]c2ccccc12)[C@@H]1CC[C@@H]2[C@H]3[C@H](O)C[C@@H]4C[C@H](O)CC[C@@]4(C)[C@H]3CC[C@@]21C. The number of nitrogens with zero attached hydrogens (tertiary/aromatic N) is 2. The summed E-state index contributed by atoms with van der Waals surface area (Å²) in [4.78, 5) is 15.6. The number of aliphatic hydroxyl groups excluding tert-OH is 2. The zero-order chi connectivity index (χ0) is 27.5. The van der Waals surface area contributed by atoms with E-state index in [0.29, 0.717) is 47.6 Å². The van der Waals surface area contributed by atoms with Crippen LogP contribution < -0.4 is 0 Å². The highest BCUT2D eigenvalue weighted by Gasteiger charge is 2.62. The number of aromatic amines is 1. The Labute approximate surface area is 231 Å².